The van der Waals surface area contributed by atoms with E-state index in [-0.39, 0.29) is 5.28 Å². The lowest BCUT2D eigenvalue weighted by molar-refractivity contribution is 0.00578. The molecule has 0 bridgehead atoms. The zero-order valence-corrected chi connectivity index (χ0v) is 66.8. The van der Waals surface area contributed by atoms with Gasteiger partial charge in [0.15, 0.2) is 29.1 Å². The molecule has 1 aliphatic rings. The average molecular weight is 1570 g/mol. The fourth-order valence-corrected chi connectivity index (χ4v) is 17.3. The third-order valence-electron chi connectivity index (χ3n) is 23.7. The van der Waals surface area contributed by atoms with Gasteiger partial charge in [-0.05, 0) is 162 Å². The summed E-state index contributed by atoms with van der Waals surface area (Å²) in [7, 11) is -0.458. The first kappa shape index (κ1) is 73.1. The predicted molar refractivity (Wildman–Crippen MR) is 495 cm³/mol. The summed E-state index contributed by atoms with van der Waals surface area (Å²) in [6.45, 7) is 8.44. The first-order chi connectivity index (χ1) is 58.9. The van der Waals surface area contributed by atoms with Gasteiger partial charge in [-0.2, -0.15) is 9.97 Å². The summed E-state index contributed by atoms with van der Waals surface area (Å²) < 4.78 is 26.1. The van der Waals surface area contributed by atoms with Crippen molar-refractivity contribution in [3.05, 3.63) is 381 Å². The van der Waals surface area contributed by atoms with Gasteiger partial charge in [-0.25, -0.2) is 19.9 Å². The van der Waals surface area contributed by atoms with Crippen LogP contribution in [0.2, 0.25) is 5.28 Å². The molecule has 0 spiro atoms. The molecule has 18 aromatic carbocycles. The highest BCUT2D eigenvalue weighted by Crippen LogP contribution is 2.47. The highest BCUT2D eigenvalue weighted by atomic mass is 35.5. The van der Waals surface area contributed by atoms with Crippen molar-refractivity contribution in [3.8, 4) is 101 Å². The molecule has 0 atom stereocenters. The van der Waals surface area contributed by atoms with E-state index in [4.69, 9.17) is 44.7 Å². The van der Waals surface area contributed by atoms with Crippen molar-refractivity contribution in [2.45, 2.75) is 38.9 Å². The number of hydrogen-bond donors (Lipinski definition) is 0. The van der Waals surface area contributed by atoms with Crippen LogP contribution in [0.4, 0.5) is 0 Å². The molecule has 1 saturated heterocycles. The van der Waals surface area contributed by atoms with Crippen LogP contribution in [0.1, 0.15) is 27.7 Å². The Labute approximate surface area is 697 Å². The van der Waals surface area contributed by atoms with Gasteiger partial charge < -0.3 is 18.1 Å². The maximum atomic E-state index is 6.59. The number of aromatic nitrogens is 6. The smallest absolute Gasteiger partial charge is 0.455 e. The lowest BCUT2D eigenvalue weighted by Crippen LogP contribution is -2.41. The molecule has 12 heteroatoms. The van der Waals surface area contributed by atoms with Crippen LogP contribution in [0.25, 0.3) is 210 Å². The molecule has 0 aliphatic carbocycles. The molecule has 23 rings (SSSR count). The third kappa shape index (κ3) is 13.2. The summed E-state index contributed by atoms with van der Waals surface area (Å²) in [5, 5.41) is 18.9. The van der Waals surface area contributed by atoms with Crippen molar-refractivity contribution in [3.63, 3.8) is 0 Å². The van der Waals surface area contributed by atoms with Gasteiger partial charge in [-0.3, -0.25) is 0 Å². The molecule has 10 nitrogen and oxygen atoms in total. The minimum Gasteiger partial charge on any atom is -0.455 e. The molecule has 120 heavy (non-hydrogen) atoms. The van der Waals surface area contributed by atoms with Crippen LogP contribution in [0, 0.1) is 0 Å². The monoisotopic (exact) mass is 1560 g/mol. The molecule has 0 radical (unpaired) electrons. The maximum Gasteiger partial charge on any atom is 0.495 e. The number of fused-ring (bicyclic) bond motifs is 18. The molecule has 0 N–H and O–H groups in total. The fraction of sp³-hybridized carbons (Fsp3) is 0.0556. The minimum absolute atomic E-state index is 0.191. The van der Waals surface area contributed by atoms with E-state index < -0.39 is 18.3 Å². The van der Waals surface area contributed by atoms with Gasteiger partial charge >= 0.3 is 7.12 Å². The molecular weight excluding hydrogens is 1490 g/mol. The summed E-state index contributed by atoms with van der Waals surface area (Å²) in [6.07, 6.45) is 0. The van der Waals surface area contributed by atoms with E-state index >= 15 is 0 Å². The van der Waals surface area contributed by atoms with Crippen molar-refractivity contribution in [1.82, 2.24) is 29.9 Å². The van der Waals surface area contributed by atoms with Gasteiger partial charge in [0, 0.05) is 65.9 Å². The second-order valence-electron chi connectivity index (χ2n) is 31.4. The van der Waals surface area contributed by atoms with E-state index in [1.807, 2.05) is 109 Å². The predicted octanol–water partition coefficient (Wildman–Crippen LogP) is 28.1. The number of nitrogens with zero attached hydrogens (tertiary/aromatic N) is 6. The number of rotatable bonds is 10. The van der Waals surface area contributed by atoms with E-state index in [1.54, 1.807) is 0 Å². The second kappa shape index (κ2) is 30.2. The summed E-state index contributed by atoms with van der Waals surface area (Å²) in [6, 6.07) is 130. The second-order valence-corrected chi connectivity index (χ2v) is 31.8. The molecule has 0 saturated carbocycles. The van der Waals surface area contributed by atoms with Gasteiger partial charge in [-0.15, -0.1) is 0 Å². The molecular formula is C108H74BClN6O4. The first-order valence-corrected chi connectivity index (χ1v) is 40.8. The molecule has 570 valence electrons. The van der Waals surface area contributed by atoms with Gasteiger partial charge in [-0.1, -0.05) is 352 Å². The largest absolute Gasteiger partial charge is 0.495 e. The highest BCUT2D eigenvalue weighted by Gasteiger charge is 2.52. The van der Waals surface area contributed by atoms with Crippen LogP contribution in [-0.2, 0) is 9.31 Å². The number of halogens is 1. The lowest BCUT2D eigenvalue weighted by Gasteiger charge is -2.32. The molecule has 1 fully saturated rings. The lowest BCUT2D eigenvalue weighted by atomic mass is 9.74. The quantitative estimate of drug-likeness (QED) is 0.0966. The van der Waals surface area contributed by atoms with Crippen LogP contribution < -0.4 is 5.46 Å². The van der Waals surface area contributed by atoms with Crippen molar-refractivity contribution in [2.24, 2.45) is 0 Å². The zero-order valence-electron chi connectivity index (χ0n) is 66.1. The van der Waals surface area contributed by atoms with Crippen LogP contribution in [0.5, 0.6) is 0 Å². The summed E-state index contributed by atoms with van der Waals surface area (Å²) >= 11 is 6.11. The Hall–Kier alpha value is -14.6. The minimum atomic E-state index is -0.458. The molecule has 0 amide bonds. The molecule has 0 unspecified atom stereocenters. The average Bonchev–Trinajstić information content (AvgIpc) is 1.26. The van der Waals surface area contributed by atoms with Crippen LogP contribution in [-0.4, -0.2) is 48.2 Å². The Morgan fingerprint density at radius 1 is 0.225 bits per heavy atom. The maximum absolute atomic E-state index is 6.59. The SMILES string of the molecule is CC1(C)OB(c2cccc3c4ccccc4c4ccc(-c5cccc6c5oc5ccccc56)cc4c23)OC1(C)C.Clc1nc(-c2ccccc2)nc(-c2ccc(-c3ccccc3)cc2)n1.c1ccc(-c2ccc(-c3nc(-c4ccccc4)nc(-c4cccc5c6ccccc6c6ccc(-c7cccc8c7oc7ccccc78)cc6c45)n3)cc2)cc1. The van der Waals surface area contributed by atoms with Crippen molar-refractivity contribution >= 4 is 133 Å². The summed E-state index contributed by atoms with van der Waals surface area (Å²) in [5.41, 5.74) is 17.4. The van der Waals surface area contributed by atoms with E-state index in [0.717, 1.165) is 127 Å². The van der Waals surface area contributed by atoms with Gasteiger partial charge in [0.05, 0.1) is 11.2 Å². The van der Waals surface area contributed by atoms with E-state index in [9.17, 15) is 0 Å². The third-order valence-corrected chi connectivity index (χ3v) is 23.9. The zero-order chi connectivity index (χ0) is 80.6. The first-order valence-electron chi connectivity index (χ1n) is 40.4. The van der Waals surface area contributed by atoms with Crippen LogP contribution in [0.15, 0.2) is 385 Å². The Morgan fingerprint density at radius 2 is 0.517 bits per heavy atom. The van der Waals surface area contributed by atoms with Crippen LogP contribution in [0.3, 0.4) is 0 Å². The van der Waals surface area contributed by atoms with Crippen molar-refractivity contribution in [2.75, 3.05) is 0 Å². The Balaban J connectivity index is 0.000000120. The number of hydrogen-bond acceptors (Lipinski definition) is 10. The molecule has 4 aromatic heterocycles. The normalized spacial score (nSPS) is 13.1. The summed E-state index contributed by atoms with van der Waals surface area (Å²) in [4.78, 5) is 28.6. The van der Waals surface area contributed by atoms with E-state index in [1.165, 1.54) is 59.6 Å². The standard InChI is InChI=1S/C51H31N3O.C36H29BO3.C21H14ClN3/c1-3-13-32(14-4-1)33-25-27-35(28-26-33)50-52-49(34-15-5-2-6-16-34)53-51(54-50)44-23-12-21-42-39-18-8-7-17-38(39)40-30-29-36(31-45(40)47(42)44)37-20-11-22-43-41-19-9-10-24-46(41)55-48(37)43;1-35(2)36(3,4)40-37(39-35)31-17-10-15-28-25-12-6-5-11-24(25)26-20-19-22(21-30(26)33(28)31)23-14-9-16-29-27-13-7-8-18-32(27)38-34(23)29;22-21-24-19(17-9-5-2-6-10-17)23-20(25-21)18-13-11-16(12-14-18)15-7-3-1-4-8-15/h1-31H;5-21H,1-4H3;1-14H. The Morgan fingerprint density at radius 3 is 0.958 bits per heavy atom. The number of furan rings is 2. The Kier molecular flexibility index (Phi) is 18.4. The van der Waals surface area contributed by atoms with Crippen molar-refractivity contribution in [1.29, 1.82) is 0 Å². The topological polar surface area (TPSA) is 122 Å². The fourth-order valence-electron chi connectivity index (χ4n) is 17.1. The van der Waals surface area contributed by atoms with Crippen LogP contribution >= 0.6 is 11.6 Å². The van der Waals surface area contributed by atoms with Crippen molar-refractivity contribution < 1.29 is 18.1 Å². The number of para-hydroxylation sites is 4. The van der Waals surface area contributed by atoms with Gasteiger partial charge in [0.1, 0.15) is 22.3 Å². The van der Waals surface area contributed by atoms with E-state index in [0.29, 0.717) is 29.1 Å². The molecule has 5 heterocycles. The Bertz CT molecular complexity index is 7720. The summed E-state index contributed by atoms with van der Waals surface area (Å²) in [5.74, 6) is 3.03. The highest BCUT2D eigenvalue weighted by molar-refractivity contribution is 6.66. The number of benzene rings is 18. The molecule has 22 aromatic rings. The van der Waals surface area contributed by atoms with Gasteiger partial charge in [0.25, 0.3) is 0 Å². The molecule has 1 aliphatic heterocycles. The van der Waals surface area contributed by atoms with Gasteiger partial charge in [0.2, 0.25) is 5.28 Å². The van der Waals surface area contributed by atoms with E-state index in [2.05, 4.69) is 310 Å².